The molecule has 2 N–H and O–H groups in total. The Morgan fingerprint density at radius 1 is 1.27 bits per heavy atom. The summed E-state index contributed by atoms with van der Waals surface area (Å²) in [6.07, 6.45) is 5.53. The molecule has 0 spiro atoms. The topological polar surface area (TPSA) is 76.1 Å². The molecule has 0 radical (unpaired) electrons. The SMILES string of the molecule is CNC(=O)c1cc(Oc2ccc3nc(NCCC4CC4)sc3c2)ccn1. The van der Waals surface area contributed by atoms with Crippen molar-refractivity contribution in [3.63, 3.8) is 0 Å². The largest absolute Gasteiger partial charge is 0.457 e. The zero-order valence-corrected chi connectivity index (χ0v) is 15.3. The van der Waals surface area contributed by atoms with Crippen LogP contribution >= 0.6 is 11.3 Å². The number of hydrogen-bond donors (Lipinski definition) is 2. The molecule has 6 nitrogen and oxygen atoms in total. The fourth-order valence-electron chi connectivity index (χ4n) is 2.70. The van der Waals surface area contributed by atoms with Crippen molar-refractivity contribution in [3.05, 3.63) is 42.2 Å². The minimum Gasteiger partial charge on any atom is -0.457 e. The van der Waals surface area contributed by atoms with Crippen molar-refractivity contribution in [1.82, 2.24) is 15.3 Å². The summed E-state index contributed by atoms with van der Waals surface area (Å²) < 4.78 is 6.96. The lowest BCUT2D eigenvalue weighted by atomic mass is 10.3. The Bertz CT molecular complexity index is 936. The van der Waals surface area contributed by atoms with E-state index in [1.807, 2.05) is 18.2 Å². The third-order valence-corrected chi connectivity index (χ3v) is 5.29. The number of carbonyl (C=O) groups is 1. The second-order valence-electron chi connectivity index (χ2n) is 6.37. The minimum absolute atomic E-state index is 0.240. The van der Waals surface area contributed by atoms with E-state index >= 15 is 0 Å². The molecule has 4 rings (SSSR count). The van der Waals surface area contributed by atoms with Crippen molar-refractivity contribution >= 4 is 32.6 Å². The number of nitrogens with zero attached hydrogens (tertiary/aromatic N) is 2. The standard InChI is InChI=1S/C19H20N4O2S/c1-20-18(24)16-10-14(7-9-21-16)25-13-4-5-15-17(11-13)26-19(23-15)22-8-6-12-2-3-12/h4-5,7,9-12H,2-3,6,8H2,1H3,(H,20,24)(H,22,23). The van der Waals surface area contributed by atoms with Crippen LogP contribution in [0.4, 0.5) is 5.13 Å². The van der Waals surface area contributed by atoms with Gasteiger partial charge >= 0.3 is 0 Å². The van der Waals surface area contributed by atoms with E-state index in [1.165, 1.54) is 19.3 Å². The summed E-state index contributed by atoms with van der Waals surface area (Å²) in [4.78, 5) is 20.3. The van der Waals surface area contributed by atoms with Gasteiger partial charge in [0.25, 0.3) is 5.91 Å². The lowest BCUT2D eigenvalue weighted by molar-refractivity contribution is 0.0958. The van der Waals surface area contributed by atoms with E-state index in [0.29, 0.717) is 17.2 Å². The van der Waals surface area contributed by atoms with Gasteiger partial charge in [-0.3, -0.25) is 9.78 Å². The molecule has 1 fully saturated rings. The highest BCUT2D eigenvalue weighted by atomic mass is 32.1. The minimum atomic E-state index is -0.240. The lowest BCUT2D eigenvalue weighted by Crippen LogP contribution is -2.18. The highest BCUT2D eigenvalue weighted by Crippen LogP contribution is 2.34. The fraction of sp³-hybridized carbons (Fsp3) is 0.316. The Morgan fingerprint density at radius 2 is 2.12 bits per heavy atom. The average molecular weight is 368 g/mol. The van der Waals surface area contributed by atoms with Gasteiger partial charge in [0.2, 0.25) is 0 Å². The zero-order valence-electron chi connectivity index (χ0n) is 14.5. The van der Waals surface area contributed by atoms with E-state index < -0.39 is 0 Å². The van der Waals surface area contributed by atoms with Gasteiger partial charge in [0.1, 0.15) is 17.2 Å². The van der Waals surface area contributed by atoms with Crippen LogP contribution in [-0.4, -0.2) is 29.5 Å². The number of hydrogen-bond acceptors (Lipinski definition) is 6. The number of pyridine rings is 1. The second-order valence-corrected chi connectivity index (χ2v) is 7.40. The molecule has 0 bridgehead atoms. The first-order valence-electron chi connectivity index (χ1n) is 8.72. The van der Waals surface area contributed by atoms with Crippen molar-refractivity contribution in [3.8, 4) is 11.5 Å². The van der Waals surface area contributed by atoms with Gasteiger partial charge in [0, 0.05) is 31.9 Å². The number of amides is 1. The predicted octanol–water partition coefficient (Wildman–Crippen LogP) is 4.06. The third-order valence-electron chi connectivity index (χ3n) is 4.31. The summed E-state index contributed by atoms with van der Waals surface area (Å²) in [7, 11) is 1.57. The Hall–Kier alpha value is -2.67. The Balaban J connectivity index is 1.47. The molecular weight excluding hydrogens is 348 g/mol. The van der Waals surface area contributed by atoms with E-state index in [4.69, 9.17) is 4.74 Å². The van der Waals surface area contributed by atoms with Crippen molar-refractivity contribution < 1.29 is 9.53 Å². The van der Waals surface area contributed by atoms with E-state index in [9.17, 15) is 4.79 Å². The molecule has 1 aliphatic carbocycles. The van der Waals surface area contributed by atoms with Crippen LogP contribution in [0.15, 0.2) is 36.5 Å². The smallest absolute Gasteiger partial charge is 0.269 e. The maximum Gasteiger partial charge on any atom is 0.269 e. The van der Waals surface area contributed by atoms with E-state index in [1.54, 1.807) is 36.7 Å². The number of thiazole rings is 1. The quantitative estimate of drug-likeness (QED) is 0.658. The summed E-state index contributed by atoms with van der Waals surface area (Å²) in [5.74, 6) is 1.96. The number of fused-ring (bicyclic) bond motifs is 1. The van der Waals surface area contributed by atoms with Crippen LogP contribution in [0.25, 0.3) is 10.2 Å². The van der Waals surface area contributed by atoms with Crippen molar-refractivity contribution in [2.45, 2.75) is 19.3 Å². The number of aromatic nitrogens is 2. The zero-order chi connectivity index (χ0) is 17.9. The Morgan fingerprint density at radius 3 is 2.92 bits per heavy atom. The molecule has 0 saturated heterocycles. The summed E-state index contributed by atoms with van der Waals surface area (Å²) in [5.41, 5.74) is 1.28. The molecule has 7 heteroatoms. The summed E-state index contributed by atoms with van der Waals surface area (Å²) >= 11 is 1.63. The molecule has 26 heavy (non-hydrogen) atoms. The first-order valence-corrected chi connectivity index (χ1v) is 9.53. The fourth-order valence-corrected chi connectivity index (χ4v) is 3.62. The molecule has 134 valence electrons. The van der Waals surface area contributed by atoms with Crippen LogP contribution in [0, 0.1) is 5.92 Å². The van der Waals surface area contributed by atoms with Crippen LogP contribution in [0.3, 0.4) is 0 Å². The lowest BCUT2D eigenvalue weighted by Gasteiger charge is -2.06. The van der Waals surface area contributed by atoms with Gasteiger partial charge in [-0.2, -0.15) is 0 Å². The molecule has 0 aliphatic heterocycles. The second kappa shape index (κ2) is 7.29. The maximum atomic E-state index is 11.7. The van der Waals surface area contributed by atoms with E-state index in [0.717, 1.165) is 27.8 Å². The number of benzene rings is 1. The van der Waals surface area contributed by atoms with Crippen LogP contribution < -0.4 is 15.4 Å². The van der Waals surface area contributed by atoms with Crippen molar-refractivity contribution in [2.75, 3.05) is 18.9 Å². The number of nitrogens with one attached hydrogen (secondary N) is 2. The predicted molar refractivity (Wildman–Crippen MR) is 103 cm³/mol. The number of anilines is 1. The van der Waals surface area contributed by atoms with Gasteiger partial charge in [-0.05, 0) is 30.5 Å². The molecule has 1 aliphatic rings. The van der Waals surface area contributed by atoms with Gasteiger partial charge in [-0.1, -0.05) is 24.2 Å². The highest BCUT2D eigenvalue weighted by molar-refractivity contribution is 7.22. The molecule has 1 aromatic carbocycles. The molecule has 0 unspecified atom stereocenters. The van der Waals surface area contributed by atoms with Gasteiger partial charge in [0.05, 0.1) is 10.2 Å². The van der Waals surface area contributed by atoms with Crippen LogP contribution in [0.2, 0.25) is 0 Å². The molecule has 3 aromatic rings. The van der Waals surface area contributed by atoms with Crippen molar-refractivity contribution in [2.24, 2.45) is 5.92 Å². The third kappa shape index (κ3) is 3.94. The monoisotopic (exact) mass is 368 g/mol. The Kier molecular flexibility index (Phi) is 4.71. The Labute approximate surface area is 155 Å². The summed E-state index contributed by atoms with van der Waals surface area (Å²) in [6, 6.07) is 9.16. The number of rotatable bonds is 7. The molecule has 0 atom stereocenters. The number of carbonyl (C=O) groups excluding carboxylic acids is 1. The van der Waals surface area contributed by atoms with Gasteiger partial charge < -0.3 is 15.4 Å². The van der Waals surface area contributed by atoms with Gasteiger partial charge in [-0.25, -0.2) is 4.98 Å². The van der Waals surface area contributed by atoms with Crippen LogP contribution in [-0.2, 0) is 0 Å². The number of ether oxygens (including phenoxy) is 1. The van der Waals surface area contributed by atoms with Crippen molar-refractivity contribution in [1.29, 1.82) is 0 Å². The van der Waals surface area contributed by atoms with Crippen LogP contribution in [0.5, 0.6) is 11.5 Å². The van der Waals surface area contributed by atoms with Gasteiger partial charge in [-0.15, -0.1) is 0 Å². The first kappa shape index (κ1) is 16.8. The maximum absolute atomic E-state index is 11.7. The van der Waals surface area contributed by atoms with Gasteiger partial charge in [0.15, 0.2) is 5.13 Å². The van der Waals surface area contributed by atoms with Crippen LogP contribution in [0.1, 0.15) is 29.8 Å². The normalized spacial score (nSPS) is 13.6. The van der Waals surface area contributed by atoms with E-state index in [2.05, 4.69) is 20.6 Å². The highest BCUT2D eigenvalue weighted by Gasteiger charge is 2.20. The molecule has 1 saturated carbocycles. The molecule has 2 aromatic heterocycles. The summed E-state index contributed by atoms with van der Waals surface area (Å²) in [6.45, 7) is 0.979. The molecule has 1 amide bonds. The average Bonchev–Trinajstić information content (AvgIpc) is 3.39. The molecular formula is C19H20N4O2S. The summed E-state index contributed by atoms with van der Waals surface area (Å²) in [5, 5.41) is 6.92. The first-order chi connectivity index (χ1) is 12.7. The molecule has 2 heterocycles. The van der Waals surface area contributed by atoms with E-state index in [-0.39, 0.29) is 5.91 Å².